The number of carbonyl (C=O) groups is 2. The number of nitro groups is 1. The summed E-state index contributed by atoms with van der Waals surface area (Å²) >= 11 is 0. The number of nitrogens with zero attached hydrogens (tertiary/aromatic N) is 3. The highest BCUT2D eigenvalue weighted by atomic mass is 16.6. The van der Waals surface area contributed by atoms with Crippen LogP contribution >= 0.6 is 0 Å². The maximum atomic E-state index is 13.5. The summed E-state index contributed by atoms with van der Waals surface area (Å²) in [6.07, 6.45) is 2.83. The molecule has 4 rings (SSSR count). The van der Waals surface area contributed by atoms with Gasteiger partial charge in [-0.25, -0.2) is 4.79 Å². The number of fused-ring (bicyclic) bond motifs is 2. The molecule has 1 fully saturated rings. The second kappa shape index (κ2) is 8.70. The second-order valence-electron chi connectivity index (χ2n) is 7.89. The monoisotopic (exact) mass is 437 g/mol. The predicted molar refractivity (Wildman–Crippen MR) is 115 cm³/mol. The zero-order valence-electron chi connectivity index (χ0n) is 17.5. The van der Waals surface area contributed by atoms with E-state index in [1.165, 1.54) is 29.2 Å². The SMILES string of the molecule is COc1ccc(CN(C(=O)c2ccc([N+](=O)[O-])cc2)C2=CC3CCC(C2)N3C(=O)O)cc1. The molecule has 2 bridgehead atoms. The Hall–Kier alpha value is -3.88. The van der Waals surface area contributed by atoms with Gasteiger partial charge < -0.3 is 14.7 Å². The van der Waals surface area contributed by atoms with Gasteiger partial charge in [0, 0.05) is 35.9 Å². The molecule has 2 heterocycles. The van der Waals surface area contributed by atoms with E-state index in [1.807, 2.05) is 30.3 Å². The van der Waals surface area contributed by atoms with E-state index in [-0.39, 0.29) is 30.2 Å². The predicted octanol–water partition coefficient (Wildman–Crippen LogP) is 4.04. The fraction of sp³-hybridized carbons (Fsp3) is 0.304. The topological polar surface area (TPSA) is 113 Å². The summed E-state index contributed by atoms with van der Waals surface area (Å²) in [5.41, 5.74) is 1.90. The molecule has 0 aliphatic carbocycles. The number of amides is 2. The van der Waals surface area contributed by atoms with E-state index >= 15 is 0 Å². The maximum absolute atomic E-state index is 13.5. The summed E-state index contributed by atoms with van der Waals surface area (Å²) in [7, 11) is 1.58. The van der Waals surface area contributed by atoms with E-state index in [2.05, 4.69) is 0 Å². The lowest BCUT2D eigenvalue weighted by molar-refractivity contribution is -0.384. The Balaban J connectivity index is 1.66. The summed E-state index contributed by atoms with van der Waals surface area (Å²) in [6.45, 7) is 0.290. The number of methoxy groups -OCH3 is 1. The lowest BCUT2D eigenvalue weighted by atomic mass is 10.0. The number of non-ortho nitro benzene ring substituents is 1. The van der Waals surface area contributed by atoms with E-state index in [1.54, 1.807) is 12.0 Å². The molecule has 32 heavy (non-hydrogen) atoms. The lowest BCUT2D eigenvalue weighted by Gasteiger charge is -2.36. The lowest BCUT2D eigenvalue weighted by Crippen LogP contribution is -2.45. The normalized spacial score (nSPS) is 19.3. The van der Waals surface area contributed by atoms with Gasteiger partial charge in [0.25, 0.3) is 11.6 Å². The molecule has 2 atom stereocenters. The minimum absolute atomic E-state index is 0.0877. The van der Waals surface area contributed by atoms with Crippen LogP contribution in [0.25, 0.3) is 0 Å². The summed E-state index contributed by atoms with van der Waals surface area (Å²) in [6, 6.07) is 12.5. The van der Waals surface area contributed by atoms with Crippen LogP contribution in [0.1, 0.15) is 35.2 Å². The van der Waals surface area contributed by atoms with Gasteiger partial charge in [-0.2, -0.15) is 0 Å². The van der Waals surface area contributed by atoms with Gasteiger partial charge in [-0.1, -0.05) is 12.1 Å². The minimum atomic E-state index is -0.948. The van der Waals surface area contributed by atoms with Crippen molar-refractivity contribution >= 4 is 17.7 Å². The average molecular weight is 437 g/mol. The Morgan fingerprint density at radius 1 is 1.16 bits per heavy atom. The smallest absolute Gasteiger partial charge is 0.408 e. The van der Waals surface area contributed by atoms with Crippen LogP contribution in [0.2, 0.25) is 0 Å². The van der Waals surface area contributed by atoms with E-state index in [9.17, 15) is 24.8 Å². The van der Waals surface area contributed by atoms with Crippen LogP contribution < -0.4 is 4.74 Å². The highest BCUT2D eigenvalue weighted by Gasteiger charge is 2.41. The summed E-state index contributed by atoms with van der Waals surface area (Å²) in [4.78, 5) is 38.7. The molecule has 0 radical (unpaired) electrons. The Labute approximate surface area is 184 Å². The van der Waals surface area contributed by atoms with Gasteiger partial charge in [0.2, 0.25) is 0 Å². The van der Waals surface area contributed by atoms with Gasteiger partial charge in [0.15, 0.2) is 0 Å². The number of carboxylic acid groups (broad SMARTS) is 1. The van der Waals surface area contributed by atoms with Gasteiger partial charge in [-0.15, -0.1) is 0 Å². The zero-order chi connectivity index (χ0) is 22.8. The van der Waals surface area contributed by atoms with E-state index < -0.39 is 11.0 Å². The molecule has 166 valence electrons. The molecule has 1 N–H and O–H groups in total. The molecule has 9 nitrogen and oxygen atoms in total. The summed E-state index contributed by atoms with van der Waals surface area (Å²) in [5.74, 6) is 0.416. The van der Waals surface area contributed by atoms with Crippen molar-refractivity contribution in [2.45, 2.75) is 37.9 Å². The van der Waals surface area contributed by atoms with E-state index in [0.29, 0.717) is 17.7 Å². The minimum Gasteiger partial charge on any atom is -0.497 e. The molecule has 0 spiro atoms. The van der Waals surface area contributed by atoms with Gasteiger partial charge in [-0.05, 0) is 48.7 Å². The third-order valence-corrected chi connectivity index (χ3v) is 6.01. The Kier molecular flexibility index (Phi) is 5.81. The molecule has 1 saturated heterocycles. The molecule has 9 heteroatoms. The Bertz CT molecular complexity index is 1060. The molecular formula is C23H23N3O6. The number of hydrogen-bond acceptors (Lipinski definition) is 5. The highest BCUT2D eigenvalue weighted by Crippen LogP contribution is 2.37. The molecule has 0 saturated carbocycles. The maximum Gasteiger partial charge on any atom is 0.408 e. The fourth-order valence-electron chi connectivity index (χ4n) is 4.40. The van der Waals surface area contributed by atoms with Crippen molar-refractivity contribution < 1.29 is 24.4 Å². The van der Waals surface area contributed by atoms with Gasteiger partial charge in [0.05, 0.1) is 24.6 Å². The summed E-state index contributed by atoms with van der Waals surface area (Å²) in [5, 5.41) is 20.5. The molecular weight excluding hydrogens is 414 g/mol. The number of nitro benzene ring substituents is 1. The van der Waals surface area contributed by atoms with Crippen LogP contribution in [-0.2, 0) is 6.54 Å². The van der Waals surface area contributed by atoms with Crippen molar-refractivity contribution in [2.75, 3.05) is 7.11 Å². The quantitative estimate of drug-likeness (QED) is 0.539. The van der Waals surface area contributed by atoms with Crippen molar-refractivity contribution in [1.82, 2.24) is 9.80 Å². The van der Waals surface area contributed by atoms with Crippen LogP contribution in [0.4, 0.5) is 10.5 Å². The fourth-order valence-corrected chi connectivity index (χ4v) is 4.40. The third-order valence-electron chi connectivity index (χ3n) is 6.01. The van der Waals surface area contributed by atoms with Crippen LogP contribution in [0, 0.1) is 10.1 Å². The Morgan fingerprint density at radius 3 is 2.41 bits per heavy atom. The standard InChI is InChI=1S/C23H23N3O6/c1-32-21-10-2-15(3-11-21)14-24(22(27)16-4-6-17(7-5-16)26(30)31)20-12-18-8-9-19(13-20)25(18)23(28)29/h2-7,10-12,18-19H,8-9,13-14H2,1H3,(H,28,29). The van der Waals surface area contributed by atoms with Gasteiger partial charge in [0.1, 0.15) is 5.75 Å². The van der Waals surface area contributed by atoms with Crippen LogP contribution in [0.15, 0.2) is 60.3 Å². The highest BCUT2D eigenvalue weighted by molar-refractivity contribution is 5.95. The zero-order valence-corrected chi connectivity index (χ0v) is 17.5. The van der Waals surface area contributed by atoms with Crippen molar-refractivity contribution in [2.24, 2.45) is 0 Å². The van der Waals surface area contributed by atoms with Crippen LogP contribution in [0.3, 0.4) is 0 Å². The number of ether oxygens (including phenoxy) is 1. The van der Waals surface area contributed by atoms with Gasteiger partial charge in [-0.3, -0.25) is 19.8 Å². The van der Waals surface area contributed by atoms with Crippen molar-refractivity contribution in [3.8, 4) is 5.75 Å². The first-order valence-corrected chi connectivity index (χ1v) is 10.3. The van der Waals surface area contributed by atoms with Crippen molar-refractivity contribution in [3.63, 3.8) is 0 Å². The average Bonchev–Trinajstić information content (AvgIpc) is 3.07. The number of rotatable bonds is 6. The van der Waals surface area contributed by atoms with Crippen molar-refractivity contribution in [3.05, 3.63) is 81.5 Å². The first-order chi connectivity index (χ1) is 15.4. The molecule has 2 aromatic rings. The van der Waals surface area contributed by atoms with Crippen LogP contribution in [0.5, 0.6) is 5.75 Å². The van der Waals surface area contributed by atoms with Crippen molar-refractivity contribution in [1.29, 1.82) is 0 Å². The first kappa shape index (κ1) is 21.4. The Morgan fingerprint density at radius 2 is 1.84 bits per heavy atom. The van der Waals surface area contributed by atoms with E-state index in [0.717, 1.165) is 24.1 Å². The largest absolute Gasteiger partial charge is 0.497 e. The molecule has 2 amide bonds. The molecule has 2 unspecified atom stereocenters. The molecule has 2 aliphatic rings. The first-order valence-electron chi connectivity index (χ1n) is 10.3. The number of hydrogen-bond donors (Lipinski definition) is 1. The molecule has 0 aromatic heterocycles. The van der Waals surface area contributed by atoms with Gasteiger partial charge >= 0.3 is 6.09 Å². The summed E-state index contributed by atoms with van der Waals surface area (Å²) < 4.78 is 5.20. The second-order valence-corrected chi connectivity index (χ2v) is 7.89. The van der Waals surface area contributed by atoms with E-state index in [4.69, 9.17) is 4.74 Å². The number of carbonyl (C=O) groups excluding carboxylic acids is 1. The third kappa shape index (κ3) is 4.14. The number of benzene rings is 2. The van der Waals surface area contributed by atoms with Crippen LogP contribution in [-0.4, -0.2) is 51.0 Å². The molecule has 2 aliphatic heterocycles. The molecule has 2 aromatic carbocycles.